The quantitative estimate of drug-likeness (QED) is 0.297. The smallest absolute Gasteiger partial charge is 0.414 e. The average molecular weight is 494 g/mol. The van der Waals surface area contributed by atoms with Crippen molar-refractivity contribution in [1.29, 1.82) is 0 Å². The molecule has 168 valence electrons. The number of unbranched alkanes of at least 4 members (excludes halogenated alkanes) is 3. The Morgan fingerprint density at radius 2 is 2.00 bits per heavy atom. The third kappa shape index (κ3) is 6.72. The number of fused-ring (bicyclic) bond motifs is 1. The van der Waals surface area contributed by atoms with E-state index in [0.717, 1.165) is 31.7 Å². The molecular weight excluding hydrogens is 466 g/mol. The van der Waals surface area contributed by atoms with Crippen LogP contribution in [0.5, 0.6) is 11.5 Å². The molecule has 1 heterocycles. The first-order valence-electron chi connectivity index (χ1n) is 10.0. The molecule has 0 saturated carbocycles. The van der Waals surface area contributed by atoms with E-state index < -0.39 is 11.7 Å². The average Bonchev–Trinajstić information content (AvgIpc) is 2.72. The van der Waals surface area contributed by atoms with Gasteiger partial charge in [-0.2, -0.15) is 0 Å². The second kappa shape index (κ2) is 11.7. The van der Waals surface area contributed by atoms with Crippen LogP contribution in [0.4, 0.5) is 4.79 Å². The second-order valence-corrected chi connectivity index (χ2v) is 8.22. The SMILES string of the molecule is C#CCN(C)Cc1c(O)c(Br)cc2c(OC(=O)N(C)CCCCCCN)cc(=O)oc12. The van der Waals surface area contributed by atoms with Gasteiger partial charge < -0.3 is 24.9 Å². The predicted molar refractivity (Wildman–Crippen MR) is 123 cm³/mol. The summed E-state index contributed by atoms with van der Waals surface area (Å²) in [6.45, 7) is 1.75. The number of amides is 1. The van der Waals surface area contributed by atoms with Gasteiger partial charge in [-0.25, -0.2) is 9.59 Å². The summed E-state index contributed by atoms with van der Waals surface area (Å²) in [5, 5.41) is 10.9. The van der Waals surface area contributed by atoms with Crippen LogP contribution in [0, 0.1) is 12.3 Å². The van der Waals surface area contributed by atoms with Crippen molar-refractivity contribution in [1.82, 2.24) is 9.80 Å². The third-order valence-corrected chi connectivity index (χ3v) is 5.37. The molecule has 1 aromatic carbocycles. The molecule has 0 aliphatic rings. The lowest BCUT2D eigenvalue weighted by Crippen LogP contribution is -2.30. The topological polar surface area (TPSA) is 109 Å². The Balaban J connectivity index is 2.30. The molecule has 8 nitrogen and oxygen atoms in total. The van der Waals surface area contributed by atoms with Gasteiger partial charge in [0, 0.05) is 20.1 Å². The van der Waals surface area contributed by atoms with E-state index in [0.29, 0.717) is 35.1 Å². The normalized spacial score (nSPS) is 11.0. The molecule has 0 saturated heterocycles. The molecular formula is C22H28BrN3O5. The lowest BCUT2D eigenvalue weighted by Gasteiger charge is -2.19. The highest BCUT2D eigenvalue weighted by Gasteiger charge is 2.21. The van der Waals surface area contributed by atoms with Crippen molar-refractivity contribution in [3.63, 3.8) is 0 Å². The zero-order valence-corrected chi connectivity index (χ0v) is 19.4. The van der Waals surface area contributed by atoms with Crippen LogP contribution >= 0.6 is 15.9 Å². The van der Waals surface area contributed by atoms with Crippen LogP contribution in [0.3, 0.4) is 0 Å². The fourth-order valence-corrected chi connectivity index (χ4v) is 3.58. The molecule has 1 amide bonds. The number of hydrogen-bond acceptors (Lipinski definition) is 7. The number of nitrogens with two attached hydrogens (primary N) is 1. The van der Waals surface area contributed by atoms with E-state index in [1.54, 1.807) is 25.1 Å². The summed E-state index contributed by atoms with van der Waals surface area (Å²) in [5.41, 5.74) is 5.30. The maximum Gasteiger partial charge on any atom is 0.414 e. The van der Waals surface area contributed by atoms with Crippen molar-refractivity contribution in [2.75, 3.05) is 33.7 Å². The van der Waals surface area contributed by atoms with E-state index in [4.69, 9.17) is 21.3 Å². The van der Waals surface area contributed by atoms with Crippen LogP contribution in [0.25, 0.3) is 11.0 Å². The van der Waals surface area contributed by atoms with Crippen LogP contribution in [0.1, 0.15) is 31.2 Å². The van der Waals surface area contributed by atoms with E-state index in [2.05, 4.69) is 21.9 Å². The van der Waals surface area contributed by atoms with Gasteiger partial charge in [-0.3, -0.25) is 4.90 Å². The second-order valence-electron chi connectivity index (χ2n) is 7.36. The zero-order chi connectivity index (χ0) is 23.0. The minimum atomic E-state index is -0.692. The maximum absolute atomic E-state index is 12.5. The summed E-state index contributed by atoms with van der Waals surface area (Å²) in [6, 6.07) is 2.67. The number of phenolic OH excluding ortho intramolecular Hbond substituents is 1. The number of carbonyl (C=O) groups is 1. The molecule has 0 aliphatic heterocycles. The molecule has 0 bridgehead atoms. The van der Waals surface area contributed by atoms with Gasteiger partial charge >= 0.3 is 11.7 Å². The van der Waals surface area contributed by atoms with Crippen molar-refractivity contribution in [3.05, 3.63) is 32.6 Å². The summed E-state index contributed by atoms with van der Waals surface area (Å²) in [5.74, 6) is 2.51. The predicted octanol–water partition coefficient (Wildman–Crippen LogP) is 3.28. The molecule has 1 aromatic heterocycles. The Kier molecular flexibility index (Phi) is 9.37. The van der Waals surface area contributed by atoms with Gasteiger partial charge in [0.25, 0.3) is 0 Å². The Labute approximate surface area is 190 Å². The lowest BCUT2D eigenvalue weighted by atomic mass is 10.1. The van der Waals surface area contributed by atoms with Gasteiger partial charge in [-0.1, -0.05) is 18.8 Å². The van der Waals surface area contributed by atoms with Crippen molar-refractivity contribution in [2.45, 2.75) is 32.2 Å². The van der Waals surface area contributed by atoms with Gasteiger partial charge in [-0.05, 0) is 48.4 Å². The lowest BCUT2D eigenvalue weighted by molar-refractivity contribution is 0.162. The summed E-state index contributed by atoms with van der Waals surface area (Å²) in [4.78, 5) is 27.9. The number of ether oxygens (including phenoxy) is 1. The largest absolute Gasteiger partial charge is 0.506 e. The number of nitrogens with zero attached hydrogens (tertiary/aromatic N) is 2. The standard InChI is InChI=1S/C22H28BrN3O5/c1-4-10-25(2)14-16-20(28)17(23)12-15-18(13-19(27)31-21(15)16)30-22(29)26(3)11-8-6-5-7-9-24/h1,12-13,28H,5-11,14,24H2,2-3H3. The fourth-order valence-electron chi connectivity index (χ4n) is 3.11. The van der Waals surface area contributed by atoms with Gasteiger partial charge in [0.05, 0.1) is 28.0 Å². The first kappa shape index (κ1) is 24.7. The van der Waals surface area contributed by atoms with Crippen LogP contribution in [0.2, 0.25) is 0 Å². The van der Waals surface area contributed by atoms with Crippen molar-refractivity contribution >= 4 is 33.0 Å². The number of terminal acetylenes is 1. The number of benzene rings is 1. The maximum atomic E-state index is 12.5. The number of rotatable bonds is 10. The van der Waals surface area contributed by atoms with Gasteiger partial charge in [-0.15, -0.1) is 6.42 Å². The third-order valence-electron chi connectivity index (χ3n) is 4.76. The van der Waals surface area contributed by atoms with E-state index in [-0.39, 0.29) is 23.6 Å². The Morgan fingerprint density at radius 1 is 1.29 bits per heavy atom. The number of halogens is 1. The first-order chi connectivity index (χ1) is 14.8. The van der Waals surface area contributed by atoms with Crippen LogP contribution in [0.15, 0.2) is 25.8 Å². The van der Waals surface area contributed by atoms with Crippen molar-refractivity contribution in [3.8, 4) is 23.8 Å². The highest BCUT2D eigenvalue weighted by Crippen LogP contribution is 2.38. The van der Waals surface area contributed by atoms with E-state index >= 15 is 0 Å². The summed E-state index contributed by atoms with van der Waals surface area (Å²) >= 11 is 3.31. The number of hydrogen-bond donors (Lipinski definition) is 2. The fraction of sp³-hybridized carbons (Fsp3) is 0.455. The highest BCUT2D eigenvalue weighted by molar-refractivity contribution is 9.10. The van der Waals surface area contributed by atoms with Crippen molar-refractivity contribution in [2.24, 2.45) is 5.73 Å². The Bertz CT molecular complexity index is 1010. The summed E-state index contributed by atoms with van der Waals surface area (Å²) in [7, 11) is 3.41. The summed E-state index contributed by atoms with van der Waals surface area (Å²) in [6.07, 6.45) is 8.53. The van der Waals surface area contributed by atoms with E-state index in [1.807, 2.05) is 0 Å². The number of carbonyl (C=O) groups excluding carboxylic acids is 1. The molecule has 9 heteroatoms. The molecule has 0 unspecified atom stereocenters. The molecule has 3 N–H and O–H groups in total. The van der Waals surface area contributed by atoms with E-state index in [1.165, 1.54) is 4.90 Å². The zero-order valence-electron chi connectivity index (χ0n) is 17.8. The molecule has 0 spiro atoms. The molecule has 2 rings (SSSR count). The van der Waals surface area contributed by atoms with Gasteiger partial charge in [0.2, 0.25) is 0 Å². The van der Waals surface area contributed by atoms with Crippen LogP contribution < -0.4 is 16.1 Å². The van der Waals surface area contributed by atoms with E-state index in [9.17, 15) is 14.7 Å². The molecule has 0 radical (unpaired) electrons. The molecule has 2 aromatic rings. The monoisotopic (exact) mass is 493 g/mol. The number of aromatic hydroxyl groups is 1. The highest BCUT2D eigenvalue weighted by atomic mass is 79.9. The molecule has 0 fully saturated rings. The van der Waals surface area contributed by atoms with Crippen molar-refractivity contribution < 1.29 is 19.1 Å². The summed E-state index contributed by atoms with van der Waals surface area (Å²) < 4.78 is 11.3. The molecule has 0 atom stereocenters. The molecule has 0 aliphatic carbocycles. The van der Waals surface area contributed by atoms with Crippen LogP contribution in [-0.4, -0.2) is 54.7 Å². The van der Waals surface area contributed by atoms with Gasteiger partial charge in [0.1, 0.15) is 11.3 Å². The Morgan fingerprint density at radius 3 is 2.68 bits per heavy atom. The van der Waals surface area contributed by atoms with Crippen LogP contribution in [-0.2, 0) is 6.54 Å². The minimum Gasteiger partial charge on any atom is -0.506 e. The number of phenols is 1. The minimum absolute atomic E-state index is 0.0628. The molecule has 31 heavy (non-hydrogen) atoms. The Hall–Kier alpha value is -2.54. The van der Waals surface area contributed by atoms with Gasteiger partial charge in [0.15, 0.2) is 5.75 Å². The first-order valence-corrected chi connectivity index (χ1v) is 10.8.